The van der Waals surface area contributed by atoms with Gasteiger partial charge in [-0.2, -0.15) is 0 Å². The number of carboxylic acid groups (broad SMARTS) is 1. The molecular formula is C6H11NO2. The summed E-state index contributed by atoms with van der Waals surface area (Å²) in [4.78, 5) is 10.3. The molecule has 0 aliphatic carbocycles. The summed E-state index contributed by atoms with van der Waals surface area (Å²) >= 11 is 0. The Hall–Kier alpha value is -0.570. The third kappa shape index (κ3) is 1.42. The molecule has 0 spiro atoms. The van der Waals surface area contributed by atoms with Crippen LogP contribution in [0.25, 0.3) is 0 Å². The Morgan fingerprint density at radius 3 is 2.56 bits per heavy atom. The van der Waals surface area contributed by atoms with Crippen molar-refractivity contribution in [1.29, 1.82) is 0 Å². The standard InChI is InChI=1S/C6H11NO2/c1-4-2-3-5(7-4)6(8)9/h4-5,7H,2-3H2,1H3,(H,8,9)/t4-,5?/m1/s1. The summed E-state index contributed by atoms with van der Waals surface area (Å²) in [6, 6.07) is 0.0890. The Morgan fingerprint density at radius 2 is 2.33 bits per heavy atom. The molecule has 9 heavy (non-hydrogen) atoms. The van der Waals surface area contributed by atoms with Gasteiger partial charge in [0.2, 0.25) is 0 Å². The molecular weight excluding hydrogens is 118 g/mol. The second kappa shape index (κ2) is 2.35. The Bertz CT molecular complexity index is 124. The lowest BCUT2D eigenvalue weighted by atomic mass is 10.2. The van der Waals surface area contributed by atoms with Crippen LogP contribution in [0.3, 0.4) is 0 Å². The summed E-state index contributed by atoms with van der Waals surface area (Å²) in [5.41, 5.74) is 0. The van der Waals surface area contributed by atoms with Crippen LogP contribution in [0, 0.1) is 0 Å². The highest BCUT2D eigenvalue weighted by molar-refractivity contribution is 5.73. The summed E-state index contributed by atoms with van der Waals surface area (Å²) in [5.74, 6) is -0.723. The zero-order valence-corrected chi connectivity index (χ0v) is 5.42. The molecule has 1 rings (SSSR count). The molecule has 0 aromatic heterocycles. The first-order chi connectivity index (χ1) is 4.20. The van der Waals surface area contributed by atoms with Gasteiger partial charge in [0.05, 0.1) is 0 Å². The largest absolute Gasteiger partial charge is 0.480 e. The summed E-state index contributed by atoms with van der Waals surface area (Å²) in [6.45, 7) is 2.00. The third-order valence-corrected chi connectivity index (χ3v) is 1.67. The fourth-order valence-electron chi connectivity index (χ4n) is 1.12. The Balaban J connectivity index is 2.39. The fourth-order valence-corrected chi connectivity index (χ4v) is 1.12. The van der Waals surface area contributed by atoms with Crippen molar-refractivity contribution >= 4 is 5.97 Å². The van der Waals surface area contributed by atoms with Crippen LogP contribution in [0.5, 0.6) is 0 Å². The maximum Gasteiger partial charge on any atom is 0.320 e. The van der Waals surface area contributed by atoms with E-state index in [1.54, 1.807) is 0 Å². The highest BCUT2D eigenvalue weighted by Crippen LogP contribution is 2.10. The van der Waals surface area contributed by atoms with E-state index in [2.05, 4.69) is 5.32 Å². The summed E-state index contributed by atoms with van der Waals surface area (Å²) in [6.07, 6.45) is 1.76. The second-order valence-corrected chi connectivity index (χ2v) is 2.54. The van der Waals surface area contributed by atoms with Gasteiger partial charge in [-0.05, 0) is 19.8 Å². The molecule has 1 unspecified atom stereocenters. The summed E-state index contributed by atoms with van der Waals surface area (Å²) in [5, 5.41) is 11.4. The average Bonchev–Trinajstić information content (AvgIpc) is 2.14. The van der Waals surface area contributed by atoms with Gasteiger partial charge in [-0.3, -0.25) is 4.79 Å². The van der Waals surface area contributed by atoms with Crippen molar-refractivity contribution in [2.45, 2.75) is 31.8 Å². The van der Waals surface area contributed by atoms with Crippen molar-refractivity contribution in [2.24, 2.45) is 0 Å². The van der Waals surface area contributed by atoms with Gasteiger partial charge in [0.25, 0.3) is 0 Å². The molecule has 2 atom stereocenters. The highest BCUT2D eigenvalue weighted by Gasteiger charge is 2.25. The molecule has 0 amide bonds. The van der Waals surface area contributed by atoms with Gasteiger partial charge in [0.15, 0.2) is 0 Å². The van der Waals surface area contributed by atoms with E-state index in [0.717, 1.165) is 12.8 Å². The second-order valence-electron chi connectivity index (χ2n) is 2.54. The number of carboxylic acids is 1. The van der Waals surface area contributed by atoms with Gasteiger partial charge in [-0.15, -0.1) is 0 Å². The number of nitrogens with one attached hydrogen (secondary N) is 1. The smallest absolute Gasteiger partial charge is 0.320 e. The van der Waals surface area contributed by atoms with Crippen LogP contribution in [0.1, 0.15) is 19.8 Å². The number of hydrogen-bond acceptors (Lipinski definition) is 2. The average molecular weight is 129 g/mol. The van der Waals surface area contributed by atoms with Crippen LogP contribution in [0.2, 0.25) is 0 Å². The normalized spacial score (nSPS) is 34.8. The first-order valence-corrected chi connectivity index (χ1v) is 3.19. The fraction of sp³-hybridized carbons (Fsp3) is 0.833. The van der Waals surface area contributed by atoms with Gasteiger partial charge in [0.1, 0.15) is 6.04 Å². The minimum Gasteiger partial charge on any atom is -0.480 e. The Morgan fingerprint density at radius 1 is 1.67 bits per heavy atom. The van der Waals surface area contributed by atoms with Crippen molar-refractivity contribution in [3.05, 3.63) is 0 Å². The molecule has 3 heteroatoms. The monoisotopic (exact) mass is 129 g/mol. The van der Waals surface area contributed by atoms with Crippen molar-refractivity contribution in [2.75, 3.05) is 0 Å². The zero-order chi connectivity index (χ0) is 6.85. The topological polar surface area (TPSA) is 49.3 Å². The third-order valence-electron chi connectivity index (χ3n) is 1.67. The van der Waals surface area contributed by atoms with E-state index in [0.29, 0.717) is 6.04 Å². The van der Waals surface area contributed by atoms with Crippen LogP contribution >= 0.6 is 0 Å². The maximum atomic E-state index is 10.3. The van der Waals surface area contributed by atoms with Gasteiger partial charge >= 0.3 is 5.97 Å². The molecule has 0 bridgehead atoms. The molecule has 0 aromatic rings. The first-order valence-electron chi connectivity index (χ1n) is 3.19. The SMILES string of the molecule is C[C@@H]1CCC(C(=O)O)N1. The lowest BCUT2D eigenvalue weighted by Gasteiger charge is -2.03. The summed E-state index contributed by atoms with van der Waals surface area (Å²) < 4.78 is 0. The molecule has 0 saturated carbocycles. The molecule has 1 aliphatic heterocycles. The quantitative estimate of drug-likeness (QED) is 0.532. The number of aliphatic carboxylic acids is 1. The minimum atomic E-state index is -0.723. The predicted molar refractivity (Wildman–Crippen MR) is 33.3 cm³/mol. The van der Waals surface area contributed by atoms with Crippen molar-refractivity contribution in [3.63, 3.8) is 0 Å². The van der Waals surface area contributed by atoms with Crippen molar-refractivity contribution in [1.82, 2.24) is 5.32 Å². The van der Waals surface area contributed by atoms with Crippen LogP contribution in [0.4, 0.5) is 0 Å². The lowest BCUT2D eigenvalue weighted by Crippen LogP contribution is -2.33. The molecule has 2 N–H and O–H groups in total. The molecule has 52 valence electrons. The molecule has 1 heterocycles. The van der Waals surface area contributed by atoms with Crippen LogP contribution in [-0.4, -0.2) is 23.2 Å². The van der Waals surface area contributed by atoms with Crippen molar-refractivity contribution < 1.29 is 9.90 Å². The van der Waals surface area contributed by atoms with Crippen molar-refractivity contribution in [3.8, 4) is 0 Å². The van der Waals surface area contributed by atoms with Crippen LogP contribution in [-0.2, 0) is 4.79 Å². The van der Waals surface area contributed by atoms with E-state index < -0.39 is 5.97 Å². The zero-order valence-electron chi connectivity index (χ0n) is 5.42. The van der Waals surface area contributed by atoms with E-state index in [-0.39, 0.29) is 6.04 Å². The lowest BCUT2D eigenvalue weighted by molar-refractivity contribution is -0.139. The number of rotatable bonds is 1. The first kappa shape index (κ1) is 6.55. The van der Waals surface area contributed by atoms with Crippen LogP contribution < -0.4 is 5.32 Å². The summed E-state index contributed by atoms with van der Waals surface area (Å²) in [7, 11) is 0. The van der Waals surface area contributed by atoms with Gasteiger partial charge < -0.3 is 10.4 Å². The molecule has 0 radical (unpaired) electrons. The molecule has 3 nitrogen and oxygen atoms in total. The van der Waals surface area contributed by atoms with E-state index in [1.165, 1.54) is 0 Å². The number of carbonyl (C=O) groups is 1. The highest BCUT2D eigenvalue weighted by atomic mass is 16.4. The molecule has 1 saturated heterocycles. The molecule has 1 fully saturated rings. The number of hydrogen-bond donors (Lipinski definition) is 2. The van der Waals surface area contributed by atoms with E-state index >= 15 is 0 Å². The van der Waals surface area contributed by atoms with Gasteiger partial charge in [-0.25, -0.2) is 0 Å². The van der Waals surface area contributed by atoms with Crippen LogP contribution in [0.15, 0.2) is 0 Å². The molecule has 0 aromatic carbocycles. The van der Waals surface area contributed by atoms with E-state index in [4.69, 9.17) is 5.11 Å². The molecule has 1 aliphatic rings. The predicted octanol–water partition coefficient (Wildman–Crippen LogP) is 0.212. The minimum absolute atomic E-state index is 0.292. The Labute approximate surface area is 54.1 Å². The van der Waals surface area contributed by atoms with Gasteiger partial charge in [0, 0.05) is 6.04 Å². The van der Waals surface area contributed by atoms with E-state index in [9.17, 15) is 4.79 Å². The maximum absolute atomic E-state index is 10.3. The van der Waals surface area contributed by atoms with E-state index in [1.807, 2.05) is 6.92 Å². The Kier molecular flexibility index (Phi) is 1.71. The van der Waals surface area contributed by atoms with Gasteiger partial charge in [-0.1, -0.05) is 0 Å².